The SMILES string of the molecule is C=Cc1ccc(CSc2nc3cc(C(=O)NCCC)ccc3c(=O)n2-c2cc(C)cc(C)c2)cc1. The van der Waals surface area contributed by atoms with Gasteiger partial charge in [-0.3, -0.25) is 14.2 Å². The third-order valence-electron chi connectivity index (χ3n) is 5.68. The molecule has 0 radical (unpaired) electrons. The quantitative estimate of drug-likeness (QED) is 0.244. The van der Waals surface area contributed by atoms with Gasteiger partial charge >= 0.3 is 0 Å². The highest BCUT2D eigenvalue weighted by Crippen LogP contribution is 2.26. The van der Waals surface area contributed by atoms with Gasteiger partial charge in [0.05, 0.1) is 16.6 Å². The average Bonchev–Trinajstić information content (AvgIpc) is 2.85. The van der Waals surface area contributed by atoms with Gasteiger partial charge in [0.1, 0.15) is 0 Å². The van der Waals surface area contributed by atoms with E-state index in [1.54, 1.807) is 22.8 Å². The zero-order valence-electron chi connectivity index (χ0n) is 20.3. The second kappa shape index (κ2) is 10.7. The van der Waals surface area contributed by atoms with Crippen LogP contribution in [-0.4, -0.2) is 22.0 Å². The number of fused-ring (bicyclic) bond motifs is 1. The van der Waals surface area contributed by atoms with E-state index in [2.05, 4.69) is 30.1 Å². The topological polar surface area (TPSA) is 64.0 Å². The normalized spacial score (nSPS) is 10.9. The van der Waals surface area contributed by atoms with Gasteiger partial charge in [0.15, 0.2) is 5.16 Å². The van der Waals surface area contributed by atoms with Crippen molar-refractivity contribution in [2.45, 2.75) is 38.1 Å². The summed E-state index contributed by atoms with van der Waals surface area (Å²) >= 11 is 1.50. The molecule has 0 bridgehead atoms. The van der Waals surface area contributed by atoms with Gasteiger partial charge in [0.2, 0.25) is 0 Å². The van der Waals surface area contributed by atoms with E-state index in [0.29, 0.717) is 33.9 Å². The van der Waals surface area contributed by atoms with Gasteiger partial charge in [-0.25, -0.2) is 4.98 Å². The number of rotatable bonds is 8. The molecule has 0 saturated carbocycles. The predicted octanol–water partition coefficient (Wildman–Crippen LogP) is 6.08. The number of hydrogen-bond acceptors (Lipinski definition) is 4. The Kier molecular flexibility index (Phi) is 7.51. The van der Waals surface area contributed by atoms with E-state index < -0.39 is 0 Å². The standard InChI is InChI=1S/C29H29N3O2S/c1-5-13-30-27(33)23-11-12-25-26(17-23)31-29(35-18-22-9-7-21(6-2)8-10-22)32(28(25)34)24-15-19(3)14-20(4)16-24/h6-12,14-17H,2,5,13,18H2,1,3-4H3,(H,30,33). The molecule has 0 aliphatic carbocycles. The zero-order valence-corrected chi connectivity index (χ0v) is 21.1. The van der Waals surface area contributed by atoms with Crippen LogP contribution in [0.5, 0.6) is 0 Å². The molecule has 3 aromatic carbocycles. The van der Waals surface area contributed by atoms with Crippen LogP contribution in [0.15, 0.2) is 77.2 Å². The molecular weight excluding hydrogens is 454 g/mol. The minimum absolute atomic E-state index is 0.148. The summed E-state index contributed by atoms with van der Waals surface area (Å²) in [5.74, 6) is 0.488. The first-order chi connectivity index (χ1) is 16.9. The Morgan fingerprint density at radius 1 is 1.06 bits per heavy atom. The van der Waals surface area contributed by atoms with Crippen molar-refractivity contribution in [2.75, 3.05) is 6.54 Å². The van der Waals surface area contributed by atoms with E-state index in [9.17, 15) is 9.59 Å². The van der Waals surface area contributed by atoms with Crippen molar-refractivity contribution >= 4 is 34.6 Å². The summed E-state index contributed by atoms with van der Waals surface area (Å²) in [4.78, 5) is 31.1. The Balaban J connectivity index is 1.82. The van der Waals surface area contributed by atoms with Crippen LogP contribution in [0.4, 0.5) is 0 Å². The monoisotopic (exact) mass is 483 g/mol. The molecule has 6 heteroatoms. The summed E-state index contributed by atoms with van der Waals surface area (Å²) in [5, 5.41) is 3.96. The maximum absolute atomic E-state index is 13.7. The second-order valence-electron chi connectivity index (χ2n) is 8.60. The lowest BCUT2D eigenvalue weighted by Gasteiger charge is -2.15. The van der Waals surface area contributed by atoms with Gasteiger partial charge in [0.25, 0.3) is 11.5 Å². The van der Waals surface area contributed by atoms with Gasteiger partial charge in [-0.15, -0.1) is 0 Å². The molecule has 0 aliphatic rings. The minimum Gasteiger partial charge on any atom is -0.352 e. The summed E-state index contributed by atoms with van der Waals surface area (Å²) in [7, 11) is 0. The Hall–Kier alpha value is -3.64. The highest BCUT2D eigenvalue weighted by Gasteiger charge is 2.16. The molecule has 4 rings (SSSR count). The number of amides is 1. The number of carbonyl (C=O) groups is 1. The van der Waals surface area contributed by atoms with Crippen molar-refractivity contribution in [1.82, 2.24) is 14.9 Å². The van der Waals surface area contributed by atoms with E-state index in [-0.39, 0.29) is 11.5 Å². The molecular formula is C29H29N3O2S. The maximum atomic E-state index is 13.7. The number of nitrogens with zero attached hydrogens (tertiary/aromatic N) is 2. The largest absolute Gasteiger partial charge is 0.352 e. The van der Waals surface area contributed by atoms with Crippen LogP contribution < -0.4 is 10.9 Å². The summed E-state index contributed by atoms with van der Waals surface area (Å²) in [5.41, 5.74) is 5.98. The van der Waals surface area contributed by atoms with Crippen molar-refractivity contribution in [3.05, 3.63) is 105 Å². The molecule has 1 aromatic heterocycles. The molecule has 1 N–H and O–H groups in total. The summed E-state index contributed by atoms with van der Waals surface area (Å²) < 4.78 is 1.68. The van der Waals surface area contributed by atoms with Crippen LogP contribution in [0.2, 0.25) is 0 Å². The summed E-state index contributed by atoms with van der Waals surface area (Å²) in [6.45, 7) is 10.5. The van der Waals surface area contributed by atoms with Crippen molar-refractivity contribution in [1.29, 1.82) is 0 Å². The first-order valence-electron chi connectivity index (χ1n) is 11.7. The highest BCUT2D eigenvalue weighted by atomic mass is 32.2. The fraction of sp³-hybridized carbons (Fsp3) is 0.207. The maximum Gasteiger partial charge on any atom is 0.266 e. The fourth-order valence-corrected chi connectivity index (χ4v) is 4.92. The number of aromatic nitrogens is 2. The third kappa shape index (κ3) is 5.54. The molecule has 0 spiro atoms. The Labute approximate surface area is 209 Å². The minimum atomic E-state index is -0.162. The van der Waals surface area contributed by atoms with Crippen LogP contribution in [0.25, 0.3) is 22.7 Å². The van der Waals surface area contributed by atoms with Crippen LogP contribution >= 0.6 is 11.8 Å². The van der Waals surface area contributed by atoms with Crippen molar-refractivity contribution in [3.63, 3.8) is 0 Å². The summed E-state index contributed by atoms with van der Waals surface area (Å²) in [6, 6.07) is 19.3. The first kappa shape index (κ1) is 24.5. The van der Waals surface area contributed by atoms with Gasteiger partial charge in [0, 0.05) is 17.9 Å². The van der Waals surface area contributed by atoms with Crippen LogP contribution in [0.3, 0.4) is 0 Å². The molecule has 0 atom stereocenters. The molecule has 0 saturated heterocycles. The molecule has 35 heavy (non-hydrogen) atoms. The Morgan fingerprint density at radius 2 is 1.77 bits per heavy atom. The lowest BCUT2D eigenvalue weighted by Crippen LogP contribution is -2.25. The van der Waals surface area contributed by atoms with Gasteiger partial charge in [-0.2, -0.15) is 0 Å². The number of thioether (sulfide) groups is 1. The van der Waals surface area contributed by atoms with E-state index >= 15 is 0 Å². The average molecular weight is 484 g/mol. The van der Waals surface area contributed by atoms with E-state index in [4.69, 9.17) is 4.98 Å². The van der Waals surface area contributed by atoms with E-state index in [1.807, 2.05) is 51.1 Å². The van der Waals surface area contributed by atoms with E-state index in [1.165, 1.54) is 11.8 Å². The number of carbonyl (C=O) groups excluding carboxylic acids is 1. The molecule has 0 unspecified atom stereocenters. The number of hydrogen-bond donors (Lipinski definition) is 1. The molecule has 178 valence electrons. The highest BCUT2D eigenvalue weighted by molar-refractivity contribution is 7.98. The van der Waals surface area contributed by atoms with Crippen molar-refractivity contribution in [2.24, 2.45) is 0 Å². The molecule has 1 heterocycles. The third-order valence-corrected chi connectivity index (χ3v) is 6.69. The van der Waals surface area contributed by atoms with Gasteiger partial charge in [-0.1, -0.05) is 61.7 Å². The summed E-state index contributed by atoms with van der Waals surface area (Å²) in [6.07, 6.45) is 2.67. The Morgan fingerprint density at radius 3 is 2.43 bits per heavy atom. The Bertz CT molecular complexity index is 1440. The smallest absolute Gasteiger partial charge is 0.266 e. The van der Waals surface area contributed by atoms with Crippen LogP contribution in [0.1, 0.15) is 46.0 Å². The molecule has 0 fully saturated rings. The second-order valence-corrected chi connectivity index (χ2v) is 9.55. The molecule has 0 aliphatic heterocycles. The van der Waals surface area contributed by atoms with Crippen LogP contribution in [0, 0.1) is 13.8 Å². The predicted molar refractivity (Wildman–Crippen MR) is 146 cm³/mol. The molecule has 1 amide bonds. The van der Waals surface area contributed by atoms with Gasteiger partial charge in [-0.05, 0) is 72.9 Å². The van der Waals surface area contributed by atoms with Gasteiger partial charge < -0.3 is 5.32 Å². The van der Waals surface area contributed by atoms with Crippen LogP contribution in [-0.2, 0) is 5.75 Å². The molecule has 4 aromatic rings. The lowest BCUT2D eigenvalue weighted by molar-refractivity contribution is 0.0954. The van der Waals surface area contributed by atoms with Crippen molar-refractivity contribution in [3.8, 4) is 5.69 Å². The van der Waals surface area contributed by atoms with Crippen molar-refractivity contribution < 1.29 is 4.79 Å². The lowest BCUT2D eigenvalue weighted by atomic mass is 10.1. The first-order valence-corrected chi connectivity index (χ1v) is 12.7. The van der Waals surface area contributed by atoms with E-state index in [0.717, 1.165) is 34.4 Å². The molecule has 5 nitrogen and oxygen atoms in total. The number of aryl methyl sites for hydroxylation is 2. The number of benzene rings is 3. The zero-order chi connectivity index (χ0) is 24.9. The number of nitrogens with one attached hydrogen (secondary N) is 1. The fourth-order valence-electron chi connectivity index (χ4n) is 3.95.